The number of rotatable bonds is 6. The first kappa shape index (κ1) is 17.4. The molecule has 0 aromatic heterocycles. The predicted molar refractivity (Wildman–Crippen MR) is 78.4 cm³/mol. The second-order valence-electron chi connectivity index (χ2n) is 3.67. The summed E-state index contributed by atoms with van der Waals surface area (Å²) in [6, 6.07) is 5.21. The molecule has 110 valence electrons. The molecular weight excluding hydrogens is 351 g/mol. The van der Waals surface area contributed by atoms with E-state index in [4.69, 9.17) is 33.7 Å². The van der Waals surface area contributed by atoms with Crippen LogP contribution in [0.4, 0.5) is 5.69 Å². The Bertz CT molecular complexity index is 494. The van der Waals surface area contributed by atoms with Gasteiger partial charge < -0.3 is 5.11 Å². The fraction of sp³-hybridized carbons (Fsp3) is 0.222. The van der Waals surface area contributed by atoms with Crippen molar-refractivity contribution in [3.63, 3.8) is 0 Å². The van der Waals surface area contributed by atoms with Gasteiger partial charge in [0, 0.05) is 12.1 Å². The van der Waals surface area contributed by atoms with Crippen molar-refractivity contribution in [2.75, 3.05) is 0 Å². The van der Waals surface area contributed by atoms with Gasteiger partial charge in [-0.15, -0.1) is 0 Å². The van der Waals surface area contributed by atoms with Gasteiger partial charge in [0.1, 0.15) is 0 Å². The summed E-state index contributed by atoms with van der Waals surface area (Å²) in [6.07, 6.45) is -1.40. The standard InChI is InChI=1S/C9H9Cl3N3O4P/c10-20(11,12)14-13-9(17)5-8(16)6-1-3-7(4-2-6)15(18)19/h1-4,8,14,16H,5H2/p+1. The Hall–Kier alpha value is -0.690. The third kappa shape index (κ3) is 6.17. The Morgan fingerprint density at radius 2 is 1.90 bits per heavy atom. The monoisotopic (exact) mass is 360 g/mol. The number of aliphatic hydroxyl groups is 1. The molecule has 7 nitrogen and oxygen atoms in total. The summed E-state index contributed by atoms with van der Waals surface area (Å²) in [6.45, 7) is 0. The van der Waals surface area contributed by atoms with Gasteiger partial charge in [-0.2, -0.15) is 0 Å². The van der Waals surface area contributed by atoms with Crippen molar-refractivity contribution in [1.82, 2.24) is 10.6 Å². The highest BCUT2D eigenvalue weighted by molar-refractivity contribution is 8.31. The molecule has 1 unspecified atom stereocenters. The summed E-state index contributed by atoms with van der Waals surface area (Å²) in [7, 11) is 0. The van der Waals surface area contributed by atoms with E-state index in [-0.39, 0.29) is 12.1 Å². The van der Waals surface area contributed by atoms with Gasteiger partial charge in [-0.3, -0.25) is 20.3 Å². The number of nitrogens with zero attached hydrogens (tertiary/aromatic N) is 1. The predicted octanol–water partition coefficient (Wildman–Crippen LogP) is 3.03. The summed E-state index contributed by atoms with van der Waals surface area (Å²) in [5.74, 6) is -0.581. The van der Waals surface area contributed by atoms with Crippen LogP contribution in [-0.4, -0.2) is 15.9 Å². The van der Waals surface area contributed by atoms with Crippen molar-refractivity contribution in [2.45, 2.75) is 12.5 Å². The largest absolute Gasteiger partial charge is 0.394 e. The van der Waals surface area contributed by atoms with Crippen molar-refractivity contribution in [1.29, 1.82) is 0 Å². The zero-order valence-electron chi connectivity index (χ0n) is 9.79. The van der Waals surface area contributed by atoms with Crippen molar-refractivity contribution in [3.8, 4) is 0 Å². The van der Waals surface area contributed by atoms with Crippen LogP contribution in [0.5, 0.6) is 0 Å². The summed E-state index contributed by atoms with van der Waals surface area (Å²) < 4.78 is 0. The smallest absolute Gasteiger partial charge is 0.388 e. The van der Waals surface area contributed by atoms with Crippen LogP contribution in [0.25, 0.3) is 0 Å². The van der Waals surface area contributed by atoms with Crippen LogP contribution in [0.1, 0.15) is 18.1 Å². The molecular formula is C9H10Cl3N3O4P+. The first-order chi connectivity index (χ1) is 9.19. The first-order valence-electron chi connectivity index (χ1n) is 5.15. The van der Waals surface area contributed by atoms with Crippen LogP contribution in [0.3, 0.4) is 0 Å². The SMILES string of the molecule is O=C(CC(O)c1ccc([N+](=O)[O-])cc1)NN[P+](Cl)(Cl)Cl. The lowest BCUT2D eigenvalue weighted by Crippen LogP contribution is -2.34. The van der Waals surface area contributed by atoms with E-state index in [1.165, 1.54) is 24.3 Å². The van der Waals surface area contributed by atoms with Crippen LogP contribution in [0, 0.1) is 10.1 Å². The Morgan fingerprint density at radius 3 is 2.35 bits per heavy atom. The Balaban J connectivity index is 2.55. The van der Waals surface area contributed by atoms with E-state index in [9.17, 15) is 20.0 Å². The van der Waals surface area contributed by atoms with E-state index in [0.717, 1.165) is 0 Å². The Labute approximate surface area is 129 Å². The molecule has 1 aromatic carbocycles. The molecule has 1 rings (SSSR count). The third-order valence-electron chi connectivity index (χ3n) is 2.19. The molecule has 1 amide bonds. The van der Waals surface area contributed by atoms with Crippen molar-refractivity contribution >= 4 is 50.8 Å². The fourth-order valence-electron chi connectivity index (χ4n) is 1.29. The molecule has 1 aromatic rings. The number of non-ortho nitro benzene ring substituents is 1. The number of benzene rings is 1. The summed E-state index contributed by atoms with van der Waals surface area (Å²) >= 11 is 16.4. The van der Waals surface area contributed by atoms with Gasteiger partial charge in [0.2, 0.25) is 5.91 Å². The number of aliphatic hydroxyl groups excluding tert-OH is 1. The van der Waals surface area contributed by atoms with Crippen LogP contribution >= 0.6 is 39.2 Å². The summed E-state index contributed by atoms with van der Waals surface area (Å²) in [5.41, 5.74) is -0.509. The quantitative estimate of drug-likeness (QED) is 0.410. The first-order valence-corrected chi connectivity index (χ1v) is 9.66. The average molecular weight is 362 g/mol. The molecule has 0 saturated carbocycles. The number of hydrogen-bond acceptors (Lipinski definition) is 5. The summed E-state index contributed by atoms with van der Waals surface area (Å²) in [4.78, 5) is 21.4. The van der Waals surface area contributed by atoms with Gasteiger partial charge in [0.05, 0.1) is 17.4 Å². The third-order valence-corrected chi connectivity index (χ3v) is 3.32. The molecule has 0 radical (unpaired) electrons. The topological polar surface area (TPSA) is 104 Å². The molecule has 0 aliphatic rings. The van der Waals surface area contributed by atoms with Crippen molar-refractivity contribution in [3.05, 3.63) is 39.9 Å². The van der Waals surface area contributed by atoms with E-state index in [1.807, 2.05) is 0 Å². The van der Waals surface area contributed by atoms with Gasteiger partial charge in [-0.1, -0.05) is 5.20 Å². The van der Waals surface area contributed by atoms with E-state index in [2.05, 4.69) is 10.6 Å². The van der Waals surface area contributed by atoms with Gasteiger partial charge in [-0.25, -0.2) is 0 Å². The van der Waals surface area contributed by atoms with Gasteiger partial charge in [0.15, 0.2) is 33.7 Å². The van der Waals surface area contributed by atoms with Gasteiger partial charge in [-0.05, 0) is 17.7 Å². The number of hydrogen-bond donors (Lipinski definition) is 3. The number of nitro groups is 1. The minimum Gasteiger partial charge on any atom is -0.388 e. The number of hydrazine groups is 1. The lowest BCUT2D eigenvalue weighted by atomic mass is 10.1. The molecule has 20 heavy (non-hydrogen) atoms. The van der Waals surface area contributed by atoms with E-state index in [1.54, 1.807) is 0 Å². The van der Waals surface area contributed by atoms with Crippen molar-refractivity contribution < 1.29 is 14.8 Å². The van der Waals surface area contributed by atoms with Crippen molar-refractivity contribution in [2.24, 2.45) is 0 Å². The van der Waals surface area contributed by atoms with Crippen LogP contribution in [0.2, 0.25) is 0 Å². The Kier molecular flexibility index (Phi) is 6.39. The van der Waals surface area contributed by atoms with E-state index in [0.29, 0.717) is 5.56 Å². The molecule has 0 aliphatic heterocycles. The molecule has 0 fully saturated rings. The molecule has 3 N–H and O–H groups in total. The molecule has 11 heteroatoms. The molecule has 0 saturated heterocycles. The fourth-order valence-corrected chi connectivity index (χ4v) is 1.92. The zero-order valence-corrected chi connectivity index (χ0v) is 13.0. The number of carbonyl (C=O) groups excluding carboxylic acids is 1. The highest BCUT2D eigenvalue weighted by atomic mass is 36.1. The van der Waals surface area contributed by atoms with Crippen LogP contribution in [0.15, 0.2) is 24.3 Å². The number of nitrogens with one attached hydrogen (secondary N) is 2. The van der Waals surface area contributed by atoms with E-state index < -0.39 is 22.4 Å². The maximum absolute atomic E-state index is 11.4. The van der Waals surface area contributed by atoms with E-state index >= 15 is 0 Å². The Morgan fingerprint density at radius 1 is 1.35 bits per heavy atom. The maximum Gasteiger partial charge on any atom is 0.394 e. The number of halogens is 3. The number of nitro benzene ring substituents is 1. The minimum atomic E-state index is -2.92. The molecule has 0 spiro atoms. The van der Waals surface area contributed by atoms with Gasteiger partial charge >= 0.3 is 5.47 Å². The average Bonchev–Trinajstić information content (AvgIpc) is 2.35. The van der Waals surface area contributed by atoms with Gasteiger partial charge in [0.25, 0.3) is 5.69 Å². The summed E-state index contributed by atoms with van der Waals surface area (Å²) in [5, 5.41) is 22.5. The second kappa shape index (κ2) is 7.36. The molecule has 0 heterocycles. The van der Waals surface area contributed by atoms with Crippen LogP contribution in [-0.2, 0) is 4.79 Å². The second-order valence-corrected chi connectivity index (χ2v) is 10.9. The lowest BCUT2D eigenvalue weighted by Gasteiger charge is -2.11. The lowest BCUT2D eigenvalue weighted by molar-refractivity contribution is -0.384. The highest BCUT2D eigenvalue weighted by Crippen LogP contribution is 2.69. The molecule has 0 bridgehead atoms. The minimum absolute atomic E-state index is 0.104. The highest BCUT2D eigenvalue weighted by Gasteiger charge is 2.33. The molecule has 1 atom stereocenters. The number of carbonyl (C=O) groups is 1. The normalized spacial score (nSPS) is 12.8. The molecule has 0 aliphatic carbocycles. The number of amides is 1. The maximum atomic E-state index is 11.4. The van der Waals surface area contributed by atoms with Crippen LogP contribution < -0.4 is 10.6 Å². The zero-order chi connectivity index (χ0) is 15.3.